The summed E-state index contributed by atoms with van der Waals surface area (Å²) in [6, 6.07) is 10.2. The fraction of sp³-hybridized carbons (Fsp3) is 0.214. The maximum absolute atomic E-state index is 13.9. The Labute approximate surface area is 214 Å². The van der Waals surface area contributed by atoms with Crippen LogP contribution in [0.15, 0.2) is 42.2 Å². The Morgan fingerprint density at radius 1 is 0.895 bits per heavy atom. The van der Waals surface area contributed by atoms with E-state index in [2.05, 4.69) is 13.8 Å². The molecule has 4 rings (SSSR count). The molecule has 0 bridgehead atoms. The highest BCUT2D eigenvalue weighted by atomic mass is 19.2. The first kappa shape index (κ1) is 26.8. The number of hydrogen-bond donors (Lipinski definition) is 0. The number of hydrogen-bond acceptors (Lipinski definition) is 5. The van der Waals surface area contributed by atoms with Gasteiger partial charge in [-0.15, -0.1) is 0 Å². The van der Waals surface area contributed by atoms with E-state index in [0.717, 1.165) is 18.1 Å². The first-order valence-corrected chi connectivity index (χ1v) is 11.5. The van der Waals surface area contributed by atoms with Gasteiger partial charge in [-0.3, -0.25) is 4.79 Å². The Morgan fingerprint density at radius 2 is 1.47 bits per heavy atom. The lowest BCUT2D eigenvalue weighted by molar-refractivity contribution is -0.141. The van der Waals surface area contributed by atoms with Crippen LogP contribution in [0.3, 0.4) is 0 Å². The first-order valence-electron chi connectivity index (χ1n) is 11.5. The van der Waals surface area contributed by atoms with E-state index in [9.17, 15) is 31.5 Å². The van der Waals surface area contributed by atoms with Crippen LogP contribution in [-0.2, 0) is 4.79 Å². The van der Waals surface area contributed by atoms with Gasteiger partial charge in [0.2, 0.25) is 34.9 Å². The number of esters is 1. The average molecular weight is 532 g/mol. The first-order chi connectivity index (χ1) is 17.9. The number of halogens is 5. The predicted octanol–water partition coefficient (Wildman–Crippen LogP) is 6.80. The Balaban J connectivity index is 1.52. The van der Waals surface area contributed by atoms with Crippen LogP contribution in [0.2, 0.25) is 0 Å². The van der Waals surface area contributed by atoms with E-state index in [0.29, 0.717) is 11.5 Å². The molecular weight excluding hydrogens is 511 g/mol. The van der Waals surface area contributed by atoms with Crippen LogP contribution < -0.4 is 14.2 Å². The standard InChI is InChI=1S/C28H21F5O5/c1-12(2)16-7-5-15(6-8-16)10-19-26(34)20-13(3)9-17(11-18(20)38-19)37-28(35)14(4)36-27-24(32)22(30)21(29)23(31)25(27)33/h5-12,14H,1-4H3/b19-10-. The summed E-state index contributed by atoms with van der Waals surface area (Å²) in [6.07, 6.45) is -0.180. The van der Waals surface area contributed by atoms with E-state index in [4.69, 9.17) is 14.2 Å². The zero-order valence-electron chi connectivity index (χ0n) is 20.6. The molecule has 3 aromatic rings. The molecule has 0 saturated heterocycles. The van der Waals surface area contributed by atoms with E-state index in [1.807, 2.05) is 24.3 Å². The molecule has 5 nitrogen and oxygen atoms in total. The molecule has 0 saturated carbocycles. The number of benzene rings is 3. The Bertz CT molecular complexity index is 1450. The number of Topliss-reactive ketones (excluding diaryl/α,β-unsaturated/α-hetero) is 1. The largest absolute Gasteiger partial charge is 0.473 e. The zero-order chi connectivity index (χ0) is 27.9. The molecule has 198 valence electrons. The van der Waals surface area contributed by atoms with Crippen molar-refractivity contribution < 1.29 is 45.8 Å². The molecule has 1 aliphatic rings. The molecular formula is C28H21F5O5. The van der Waals surface area contributed by atoms with Crippen molar-refractivity contribution in [2.45, 2.75) is 39.7 Å². The van der Waals surface area contributed by atoms with Gasteiger partial charge < -0.3 is 14.2 Å². The van der Waals surface area contributed by atoms with Gasteiger partial charge in [0.1, 0.15) is 11.5 Å². The van der Waals surface area contributed by atoms with Crippen LogP contribution in [-0.4, -0.2) is 17.9 Å². The van der Waals surface area contributed by atoms with E-state index in [1.54, 1.807) is 13.0 Å². The molecule has 0 spiro atoms. The summed E-state index contributed by atoms with van der Waals surface area (Å²) in [6.45, 7) is 6.72. The van der Waals surface area contributed by atoms with Crippen LogP contribution in [0.25, 0.3) is 6.08 Å². The summed E-state index contributed by atoms with van der Waals surface area (Å²) < 4.78 is 83.4. The third-order valence-corrected chi connectivity index (χ3v) is 5.86. The lowest BCUT2D eigenvalue weighted by Gasteiger charge is -2.16. The predicted molar refractivity (Wildman–Crippen MR) is 127 cm³/mol. The summed E-state index contributed by atoms with van der Waals surface area (Å²) in [5.74, 6) is -14.0. The van der Waals surface area contributed by atoms with Crippen LogP contribution in [0.5, 0.6) is 17.2 Å². The third-order valence-electron chi connectivity index (χ3n) is 5.86. The highest BCUT2D eigenvalue weighted by molar-refractivity contribution is 6.15. The molecule has 0 N–H and O–H groups in total. The second-order valence-electron chi connectivity index (χ2n) is 8.95. The molecule has 1 unspecified atom stereocenters. The van der Waals surface area contributed by atoms with Crippen molar-refractivity contribution in [1.29, 1.82) is 0 Å². The second kappa shape index (κ2) is 10.3. The normalized spacial score (nSPS) is 14.5. The fourth-order valence-electron chi connectivity index (χ4n) is 3.78. The minimum Gasteiger partial charge on any atom is -0.473 e. The van der Waals surface area contributed by atoms with Gasteiger partial charge in [0.05, 0.1) is 5.56 Å². The van der Waals surface area contributed by atoms with E-state index < -0.39 is 46.9 Å². The van der Waals surface area contributed by atoms with E-state index >= 15 is 0 Å². The van der Waals surface area contributed by atoms with Gasteiger partial charge in [0, 0.05) is 6.07 Å². The Morgan fingerprint density at radius 3 is 2.05 bits per heavy atom. The van der Waals surface area contributed by atoms with Gasteiger partial charge in [0.15, 0.2) is 17.6 Å². The summed E-state index contributed by atoms with van der Waals surface area (Å²) in [7, 11) is 0. The molecule has 0 radical (unpaired) electrons. The highest BCUT2D eigenvalue weighted by Gasteiger charge is 2.32. The molecule has 38 heavy (non-hydrogen) atoms. The van der Waals surface area contributed by atoms with Gasteiger partial charge in [-0.2, -0.15) is 8.78 Å². The van der Waals surface area contributed by atoms with Gasteiger partial charge >= 0.3 is 5.97 Å². The number of ketones is 1. The number of carbonyl (C=O) groups is 2. The minimum absolute atomic E-state index is 0.0619. The second-order valence-corrected chi connectivity index (χ2v) is 8.95. The van der Waals surface area contributed by atoms with Gasteiger partial charge in [-0.05, 0) is 48.6 Å². The Hall–Kier alpha value is -4.21. The lowest BCUT2D eigenvalue weighted by atomic mass is 10.0. The maximum atomic E-state index is 13.9. The smallest absolute Gasteiger partial charge is 0.352 e. The molecule has 1 atom stereocenters. The van der Waals surface area contributed by atoms with Gasteiger partial charge in [0.25, 0.3) is 0 Å². The van der Waals surface area contributed by atoms with Crippen molar-refractivity contribution in [2.75, 3.05) is 0 Å². The van der Waals surface area contributed by atoms with Crippen LogP contribution in [0.4, 0.5) is 22.0 Å². The number of ether oxygens (including phenoxy) is 3. The number of carbonyl (C=O) groups excluding carboxylic acids is 2. The van der Waals surface area contributed by atoms with Gasteiger partial charge in [-0.1, -0.05) is 38.1 Å². The number of aryl methyl sites for hydroxylation is 1. The monoisotopic (exact) mass is 532 g/mol. The highest BCUT2D eigenvalue weighted by Crippen LogP contribution is 2.38. The van der Waals surface area contributed by atoms with Crippen LogP contribution >= 0.6 is 0 Å². The maximum Gasteiger partial charge on any atom is 0.352 e. The van der Waals surface area contributed by atoms with Crippen molar-refractivity contribution in [3.63, 3.8) is 0 Å². The van der Waals surface area contributed by atoms with Crippen molar-refractivity contribution in [3.8, 4) is 17.2 Å². The molecule has 10 heteroatoms. The molecule has 0 aliphatic carbocycles. The zero-order valence-corrected chi connectivity index (χ0v) is 20.6. The van der Waals surface area contributed by atoms with Crippen LogP contribution in [0, 0.1) is 36.0 Å². The topological polar surface area (TPSA) is 61.8 Å². The molecule has 1 aliphatic heterocycles. The molecule has 1 heterocycles. The fourth-order valence-corrected chi connectivity index (χ4v) is 3.78. The number of fused-ring (bicyclic) bond motifs is 1. The molecule has 0 aromatic heterocycles. The molecule has 0 amide bonds. The van der Waals surface area contributed by atoms with Crippen molar-refractivity contribution in [3.05, 3.63) is 93.5 Å². The lowest BCUT2D eigenvalue weighted by Crippen LogP contribution is -2.29. The summed E-state index contributed by atoms with van der Waals surface area (Å²) in [4.78, 5) is 25.4. The van der Waals surface area contributed by atoms with E-state index in [1.165, 1.54) is 12.1 Å². The van der Waals surface area contributed by atoms with Crippen molar-refractivity contribution in [2.24, 2.45) is 0 Å². The van der Waals surface area contributed by atoms with Gasteiger partial charge in [-0.25, -0.2) is 18.0 Å². The SMILES string of the molecule is Cc1cc(OC(=O)C(C)Oc2c(F)c(F)c(F)c(F)c2F)cc2c1C(=O)/C(=C/c1ccc(C(C)C)cc1)O2. The number of allylic oxidation sites excluding steroid dienone is 1. The quantitative estimate of drug-likeness (QED) is 0.0873. The number of rotatable bonds is 6. The summed E-state index contributed by atoms with van der Waals surface area (Å²) >= 11 is 0. The summed E-state index contributed by atoms with van der Waals surface area (Å²) in [5.41, 5.74) is 2.56. The summed E-state index contributed by atoms with van der Waals surface area (Å²) in [5, 5.41) is 0. The molecule has 0 fully saturated rings. The van der Waals surface area contributed by atoms with E-state index in [-0.39, 0.29) is 28.6 Å². The van der Waals surface area contributed by atoms with Crippen LogP contribution in [0.1, 0.15) is 53.7 Å². The average Bonchev–Trinajstić information content (AvgIpc) is 3.19. The Kier molecular flexibility index (Phi) is 7.26. The molecule has 3 aromatic carbocycles. The minimum atomic E-state index is -2.35. The third kappa shape index (κ3) is 4.98. The van der Waals surface area contributed by atoms with Crippen molar-refractivity contribution in [1.82, 2.24) is 0 Å². The van der Waals surface area contributed by atoms with Crippen molar-refractivity contribution >= 4 is 17.8 Å².